The Bertz CT molecular complexity index is 1090. The Morgan fingerprint density at radius 3 is 2.44 bits per heavy atom. The van der Waals surface area contributed by atoms with Crippen LogP contribution < -0.4 is 10.1 Å². The molecule has 32 heavy (non-hydrogen) atoms. The van der Waals surface area contributed by atoms with Gasteiger partial charge in [0.2, 0.25) is 9.84 Å². The molecule has 0 bridgehead atoms. The molecular weight excluding hydrogens is 450 g/mol. The number of rotatable bonds is 11. The van der Waals surface area contributed by atoms with Gasteiger partial charge < -0.3 is 19.6 Å². The van der Waals surface area contributed by atoms with E-state index in [2.05, 4.69) is 12.2 Å². The first-order chi connectivity index (χ1) is 14.8. The lowest BCUT2D eigenvalue weighted by Crippen LogP contribution is -2.35. The maximum Gasteiger partial charge on any atom is 0.210 e. The highest BCUT2D eigenvalue weighted by Gasteiger charge is 2.27. The Morgan fingerprint density at radius 1 is 1.09 bits per heavy atom. The van der Waals surface area contributed by atoms with Crippen LogP contribution in [0, 0.1) is 0 Å². The van der Waals surface area contributed by atoms with E-state index < -0.39 is 15.9 Å². The van der Waals surface area contributed by atoms with Crippen molar-refractivity contribution in [1.82, 2.24) is 5.32 Å². The highest BCUT2D eigenvalue weighted by atomic mass is 35.5. The first-order valence-electron chi connectivity index (χ1n) is 10.7. The van der Waals surface area contributed by atoms with Crippen LogP contribution in [0.2, 0.25) is 0 Å². The largest absolute Gasteiger partial charge is 0.491 e. The molecule has 1 heterocycles. The third-order valence-electron chi connectivity index (χ3n) is 4.98. The monoisotopic (exact) mass is 481 g/mol. The molecule has 0 saturated heterocycles. The molecule has 0 radical (unpaired) electrons. The number of unbranched alkanes of at least 4 members (excludes halogenated alkanes) is 1. The number of ether oxygens (including phenoxy) is 1. The van der Waals surface area contributed by atoms with E-state index in [-0.39, 0.29) is 34.8 Å². The van der Waals surface area contributed by atoms with E-state index in [4.69, 9.17) is 9.15 Å². The fourth-order valence-electron chi connectivity index (χ4n) is 3.32. The van der Waals surface area contributed by atoms with Gasteiger partial charge in [-0.15, -0.1) is 12.4 Å². The number of aryl methyl sites for hydroxylation is 1. The highest BCUT2D eigenvalue weighted by molar-refractivity contribution is 7.91. The maximum atomic E-state index is 13.5. The molecule has 1 unspecified atom stereocenters. The zero-order valence-electron chi connectivity index (χ0n) is 18.7. The van der Waals surface area contributed by atoms with Crippen molar-refractivity contribution in [2.24, 2.45) is 0 Å². The van der Waals surface area contributed by atoms with Crippen LogP contribution in [0.5, 0.6) is 5.75 Å². The Kier molecular flexibility index (Phi) is 9.58. The Hall–Kier alpha value is -2.06. The van der Waals surface area contributed by atoms with E-state index >= 15 is 0 Å². The van der Waals surface area contributed by atoms with Crippen LogP contribution in [0.25, 0.3) is 11.0 Å². The van der Waals surface area contributed by atoms with Crippen LogP contribution >= 0.6 is 12.4 Å². The lowest BCUT2D eigenvalue weighted by atomic mass is 10.2. The molecule has 0 spiro atoms. The average Bonchev–Trinajstić information content (AvgIpc) is 3.14. The number of hydrogen-bond acceptors (Lipinski definition) is 6. The predicted molar refractivity (Wildman–Crippen MR) is 129 cm³/mol. The van der Waals surface area contributed by atoms with E-state index in [1.807, 2.05) is 26.0 Å². The number of aliphatic hydroxyl groups excluding tert-OH is 1. The molecule has 8 heteroatoms. The summed E-state index contributed by atoms with van der Waals surface area (Å²) in [5, 5.41) is 13.7. The van der Waals surface area contributed by atoms with Gasteiger partial charge >= 0.3 is 0 Å². The minimum atomic E-state index is -3.76. The van der Waals surface area contributed by atoms with Crippen molar-refractivity contribution in [3.05, 3.63) is 54.3 Å². The summed E-state index contributed by atoms with van der Waals surface area (Å²) in [5.41, 5.74) is 0.580. The molecule has 0 saturated carbocycles. The Balaban J connectivity index is 0.00000363. The van der Waals surface area contributed by atoms with Crippen LogP contribution in [0.15, 0.2) is 62.7 Å². The van der Waals surface area contributed by atoms with E-state index in [0.717, 1.165) is 12.8 Å². The Morgan fingerprint density at radius 2 is 1.78 bits per heavy atom. The number of nitrogens with one attached hydrogen (secondary N) is 1. The first-order valence-corrected chi connectivity index (χ1v) is 12.2. The van der Waals surface area contributed by atoms with Gasteiger partial charge in [0.1, 0.15) is 34.7 Å². The maximum absolute atomic E-state index is 13.5. The molecule has 176 valence electrons. The van der Waals surface area contributed by atoms with Crippen LogP contribution in [-0.2, 0) is 16.3 Å². The van der Waals surface area contributed by atoms with Crippen LogP contribution in [0.3, 0.4) is 0 Å². The molecule has 0 amide bonds. The number of benzene rings is 2. The van der Waals surface area contributed by atoms with Crippen molar-refractivity contribution in [3.8, 4) is 5.75 Å². The fourth-order valence-corrected chi connectivity index (χ4v) is 4.96. The number of aliphatic hydroxyl groups is 1. The van der Waals surface area contributed by atoms with Crippen LogP contribution in [0.4, 0.5) is 0 Å². The second-order valence-electron chi connectivity index (χ2n) is 7.96. The number of fused-ring (bicyclic) bond motifs is 1. The predicted octanol–water partition coefficient (Wildman–Crippen LogP) is 4.77. The van der Waals surface area contributed by atoms with Crippen molar-refractivity contribution < 1.29 is 22.7 Å². The quantitative estimate of drug-likeness (QED) is 0.410. The summed E-state index contributed by atoms with van der Waals surface area (Å²) in [7, 11) is -3.76. The van der Waals surface area contributed by atoms with Gasteiger partial charge in [-0.3, -0.25) is 0 Å². The summed E-state index contributed by atoms with van der Waals surface area (Å²) in [4.78, 5) is 0.437. The smallest absolute Gasteiger partial charge is 0.210 e. The molecule has 2 N–H and O–H groups in total. The van der Waals surface area contributed by atoms with Gasteiger partial charge in [-0.2, -0.15) is 0 Å². The number of halogens is 1. The summed E-state index contributed by atoms with van der Waals surface area (Å²) >= 11 is 0. The fraction of sp³-hybridized carbons (Fsp3) is 0.417. The van der Waals surface area contributed by atoms with Crippen LogP contribution in [0.1, 0.15) is 39.4 Å². The third kappa shape index (κ3) is 6.25. The van der Waals surface area contributed by atoms with Crippen molar-refractivity contribution in [1.29, 1.82) is 0 Å². The van der Waals surface area contributed by atoms with Gasteiger partial charge in [-0.1, -0.05) is 39.3 Å². The minimum absolute atomic E-state index is 0. The zero-order chi connectivity index (χ0) is 22.4. The van der Waals surface area contributed by atoms with Gasteiger partial charge in [0.25, 0.3) is 0 Å². The molecular formula is C24H32ClNO5S. The van der Waals surface area contributed by atoms with Gasteiger partial charge in [0.15, 0.2) is 0 Å². The Labute approximate surface area is 196 Å². The zero-order valence-corrected chi connectivity index (χ0v) is 20.3. The van der Waals surface area contributed by atoms with Gasteiger partial charge in [0.05, 0.1) is 4.90 Å². The van der Waals surface area contributed by atoms with Gasteiger partial charge in [0, 0.05) is 24.4 Å². The number of furan rings is 1. The first kappa shape index (κ1) is 26.2. The van der Waals surface area contributed by atoms with Crippen molar-refractivity contribution in [3.63, 3.8) is 0 Å². The van der Waals surface area contributed by atoms with Gasteiger partial charge in [-0.05, 0) is 42.8 Å². The standard InChI is InChI=1S/C24H31NO5S.ClH/c1-4-5-9-23-24(21-8-6-7-10-22(21)30-23)31(27,28)20-13-11-19(12-14-20)29-16-18(26)15-25-17(2)3;/h6-8,10-14,17-18,25-26H,4-5,9,15-16H2,1-3H3;1H. The third-order valence-corrected chi connectivity index (χ3v) is 6.86. The number of hydrogen-bond donors (Lipinski definition) is 2. The molecule has 2 aromatic carbocycles. The molecule has 0 aliphatic rings. The minimum Gasteiger partial charge on any atom is -0.491 e. The van der Waals surface area contributed by atoms with E-state index in [1.165, 1.54) is 12.1 Å². The lowest BCUT2D eigenvalue weighted by Gasteiger charge is -2.15. The summed E-state index contributed by atoms with van der Waals surface area (Å²) in [5.74, 6) is 1.01. The van der Waals surface area contributed by atoms with Crippen molar-refractivity contribution in [2.45, 2.75) is 62.0 Å². The molecule has 3 aromatic rings. The van der Waals surface area contributed by atoms with Crippen molar-refractivity contribution in [2.75, 3.05) is 13.2 Å². The van der Waals surface area contributed by atoms with E-state index in [0.29, 0.717) is 35.4 Å². The topological polar surface area (TPSA) is 88.8 Å². The lowest BCUT2D eigenvalue weighted by molar-refractivity contribution is 0.104. The normalized spacial score (nSPS) is 12.7. The SMILES string of the molecule is CCCCc1oc2ccccc2c1S(=O)(=O)c1ccc(OCC(O)CNC(C)C)cc1.Cl. The molecule has 6 nitrogen and oxygen atoms in total. The summed E-state index contributed by atoms with van der Waals surface area (Å²) in [6, 6.07) is 13.8. The highest BCUT2D eigenvalue weighted by Crippen LogP contribution is 2.35. The summed E-state index contributed by atoms with van der Waals surface area (Å²) in [6.45, 7) is 6.62. The molecule has 0 aliphatic carbocycles. The molecule has 1 atom stereocenters. The molecule has 1 aromatic heterocycles. The van der Waals surface area contributed by atoms with Crippen molar-refractivity contribution >= 4 is 33.2 Å². The summed E-state index contributed by atoms with van der Waals surface area (Å²) in [6.07, 6.45) is 1.72. The molecule has 3 rings (SSSR count). The number of para-hydroxylation sites is 1. The van der Waals surface area contributed by atoms with E-state index in [1.54, 1.807) is 24.3 Å². The van der Waals surface area contributed by atoms with Crippen LogP contribution in [-0.4, -0.2) is 38.8 Å². The number of sulfone groups is 1. The second-order valence-corrected chi connectivity index (χ2v) is 9.84. The molecule has 0 fully saturated rings. The van der Waals surface area contributed by atoms with E-state index in [9.17, 15) is 13.5 Å². The summed E-state index contributed by atoms with van der Waals surface area (Å²) < 4.78 is 38.4. The second kappa shape index (κ2) is 11.7. The average molecular weight is 482 g/mol. The molecule has 0 aliphatic heterocycles. The van der Waals surface area contributed by atoms with Gasteiger partial charge in [-0.25, -0.2) is 8.42 Å².